The molecule has 0 bridgehead atoms. The third kappa shape index (κ3) is 3.06. The van der Waals surface area contributed by atoms with Crippen LogP contribution in [0.15, 0.2) is 53.9 Å². The molecule has 20 heavy (non-hydrogen) atoms. The molecule has 1 N–H and O–H groups in total. The van der Waals surface area contributed by atoms with Crippen molar-refractivity contribution in [3.63, 3.8) is 0 Å². The average molecular weight is 271 g/mol. The van der Waals surface area contributed by atoms with E-state index in [1.54, 1.807) is 21.6 Å². The summed E-state index contributed by atoms with van der Waals surface area (Å²) in [7, 11) is 0. The highest BCUT2D eigenvalue weighted by molar-refractivity contribution is 5.54. The van der Waals surface area contributed by atoms with Gasteiger partial charge in [0, 0.05) is 36.1 Å². The summed E-state index contributed by atoms with van der Waals surface area (Å²) < 4.78 is 3.51. The Morgan fingerprint density at radius 1 is 1.40 bits per heavy atom. The molecule has 2 aromatic rings. The average Bonchev–Trinajstić information content (AvgIpc) is 2.97. The fraction of sp³-hybridized carbons (Fsp3) is 0.200. The van der Waals surface area contributed by atoms with Gasteiger partial charge in [-0.25, -0.2) is 4.68 Å². The summed E-state index contributed by atoms with van der Waals surface area (Å²) >= 11 is 0. The Balaban J connectivity index is 2.32. The SMILES string of the molecule is CC/C(=C\C=C(/C)n1cccn1)n1ccc(=O)c(O)c1. The Bertz CT molecular complexity index is 694. The summed E-state index contributed by atoms with van der Waals surface area (Å²) in [6, 6.07) is 3.21. The van der Waals surface area contributed by atoms with Crippen LogP contribution in [0.2, 0.25) is 0 Å². The van der Waals surface area contributed by atoms with Crippen molar-refractivity contribution >= 4 is 11.4 Å². The van der Waals surface area contributed by atoms with Gasteiger partial charge in [-0.05, 0) is 31.6 Å². The third-order valence-corrected chi connectivity index (χ3v) is 2.98. The van der Waals surface area contributed by atoms with Gasteiger partial charge in [-0.2, -0.15) is 5.10 Å². The number of rotatable bonds is 4. The normalized spacial score (nSPS) is 12.7. The molecule has 0 amide bonds. The summed E-state index contributed by atoms with van der Waals surface area (Å²) in [6.45, 7) is 3.97. The van der Waals surface area contributed by atoms with Crippen molar-refractivity contribution in [2.24, 2.45) is 0 Å². The summed E-state index contributed by atoms with van der Waals surface area (Å²) in [5.41, 5.74) is 1.57. The molecule has 0 saturated carbocycles. The van der Waals surface area contributed by atoms with Gasteiger partial charge in [0.05, 0.1) is 6.20 Å². The van der Waals surface area contributed by atoms with E-state index in [9.17, 15) is 9.90 Å². The molecule has 0 aromatic carbocycles. The number of hydrogen-bond donors (Lipinski definition) is 1. The van der Waals surface area contributed by atoms with Crippen molar-refractivity contribution in [3.05, 3.63) is 59.3 Å². The molecule has 0 aliphatic rings. The predicted octanol–water partition coefficient (Wildman–Crippen LogP) is 2.56. The number of nitrogens with zero attached hydrogens (tertiary/aromatic N) is 3. The van der Waals surface area contributed by atoms with Gasteiger partial charge in [0.15, 0.2) is 5.75 Å². The second-order valence-corrected chi connectivity index (χ2v) is 4.37. The van der Waals surface area contributed by atoms with E-state index < -0.39 is 0 Å². The first-order valence-electron chi connectivity index (χ1n) is 6.41. The lowest BCUT2D eigenvalue weighted by molar-refractivity contribution is 0.465. The fourth-order valence-corrected chi connectivity index (χ4v) is 1.81. The molecule has 0 aliphatic carbocycles. The van der Waals surface area contributed by atoms with Gasteiger partial charge in [0.1, 0.15) is 0 Å². The van der Waals surface area contributed by atoms with Crippen molar-refractivity contribution in [3.8, 4) is 5.75 Å². The molecule has 0 aliphatic heterocycles. The molecule has 5 heteroatoms. The van der Waals surface area contributed by atoms with E-state index in [1.807, 2.05) is 38.3 Å². The Morgan fingerprint density at radius 3 is 2.80 bits per heavy atom. The highest BCUT2D eigenvalue weighted by atomic mass is 16.3. The largest absolute Gasteiger partial charge is 0.503 e. The highest BCUT2D eigenvalue weighted by Crippen LogP contribution is 2.13. The van der Waals surface area contributed by atoms with E-state index in [-0.39, 0.29) is 11.2 Å². The number of aromatic nitrogens is 3. The lowest BCUT2D eigenvalue weighted by Gasteiger charge is -2.09. The van der Waals surface area contributed by atoms with Crippen LogP contribution in [0.4, 0.5) is 0 Å². The van der Waals surface area contributed by atoms with E-state index in [0.29, 0.717) is 0 Å². The van der Waals surface area contributed by atoms with Gasteiger partial charge >= 0.3 is 0 Å². The van der Waals surface area contributed by atoms with Crippen molar-refractivity contribution < 1.29 is 5.11 Å². The summed E-state index contributed by atoms with van der Waals surface area (Å²) in [5, 5.41) is 13.6. The molecule has 2 rings (SSSR count). The predicted molar refractivity (Wildman–Crippen MR) is 79.1 cm³/mol. The molecule has 2 aromatic heterocycles. The Hall–Kier alpha value is -2.56. The zero-order valence-electron chi connectivity index (χ0n) is 11.5. The lowest BCUT2D eigenvalue weighted by Crippen LogP contribution is -2.04. The van der Waals surface area contributed by atoms with Gasteiger partial charge in [-0.15, -0.1) is 0 Å². The van der Waals surface area contributed by atoms with Crippen LogP contribution in [0.3, 0.4) is 0 Å². The first-order valence-corrected chi connectivity index (χ1v) is 6.41. The van der Waals surface area contributed by atoms with Gasteiger partial charge in [-0.3, -0.25) is 4.79 Å². The number of allylic oxidation sites excluding steroid dienone is 4. The van der Waals surface area contributed by atoms with Crippen LogP contribution in [0.5, 0.6) is 5.75 Å². The van der Waals surface area contributed by atoms with E-state index in [0.717, 1.165) is 17.8 Å². The Labute approximate surface area is 117 Å². The number of aromatic hydroxyl groups is 1. The first-order chi connectivity index (χ1) is 9.61. The van der Waals surface area contributed by atoms with Gasteiger partial charge in [0.25, 0.3) is 0 Å². The molecule has 0 unspecified atom stereocenters. The molecule has 2 heterocycles. The van der Waals surface area contributed by atoms with Gasteiger partial charge in [0.2, 0.25) is 5.43 Å². The van der Waals surface area contributed by atoms with Crippen LogP contribution in [0.25, 0.3) is 11.4 Å². The molecule has 5 nitrogen and oxygen atoms in total. The summed E-state index contributed by atoms with van der Waals surface area (Å²) in [4.78, 5) is 11.2. The third-order valence-electron chi connectivity index (χ3n) is 2.98. The molecule has 0 fully saturated rings. The summed E-state index contributed by atoms with van der Waals surface area (Å²) in [6.07, 6.45) is 11.3. The van der Waals surface area contributed by atoms with Crippen LogP contribution in [-0.2, 0) is 0 Å². The molecular formula is C15H17N3O2. The van der Waals surface area contributed by atoms with Gasteiger partial charge < -0.3 is 9.67 Å². The van der Waals surface area contributed by atoms with Crippen LogP contribution < -0.4 is 5.43 Å². The standard InChI is InChI=1S/C15H17N3O2/c1-3-13(17-10-7-14(19)15(20)11-17)6-5-12(2)18-9-4-8-16-18/h4-11,20H,3H2,1-2H3/b12-5+,13-6+. The van der Waals surface area contributed by atoms with Crippen LogP contribution in [0.1, 0.15) is 20.3 Å². The monoisotopic (exact) mass is 271 g/mol. The van der Waals surface area contributed by atoms with E-state index in [2.05, 4.69) is 5.10 Å². The fourth-order valence-electron chi connectivity index (χ4n) is 1.81. The second kappa shape index (κ2) is 6.06. The Kier molecular flexibility index (Phi) is 4.20. The van der Waals surface area contributed by atoms with Crippen molar-refractivity contribution in [1.29, 1.82) is 0 Å². The van der Waals surface area contributed by atoms with E-state index >= 15 is 0 Å². The maximum Gasteiger partial charge on any atom is 0.223 e. The molecular weight excluding hydrogens is 254 g/mol. The van der Waals surface area contributed by atoms with E-state index in [1.165, 1.54) is 12.3 Å². The minimum absolute atomic E-state index is 0.250. The molecule has 0 radical (unpaired) electrons. The molecule has 104 valence electrons. The summed E-state index contributed by atoms with van der Waals surface area (Å²) in [5.74, 6) is -0.250. The smallest absolute Gasteiger partial charge is 0.223 e. The van der Waals surface area contributed by atoms with Gasteiger partial charge in [-0.1, -0.05) is 6.92 Å². The van der Waals surface area contributed by atoms with Crippen molar-refractivity contribution in [1.82, 2.24) is 14.3 Å². The van der Waals surface area contributed by atoms with Crippen molar-refractivity contribution in [2.45, 2.75) is 20.3 Å². The quantitative estimate of drug-likeness (QED) is 0.869. The highest BCUT2D eigenvalue weighted by Gasteiger charge is 2.00. The molecule has 0 atom stereocenters. The lowest BCUT2D eigenvalue weighted by atomic mass is 10.2. The maximum absolute atomic E-state index is 11.2. The first kappa shape index (κ1) is 13.9. The van der Waals surface area contributed by atoms with Crippen LogP contribution in [0, 0.1) is 0 Å². The zero-order valence-corrected chi connectivity index (χ0v) is 11.5. The second-order valence-electron chi connectivity index (χ2n) is 4.37. The molecule has 0 saturated heterocycles. The number of pyridine rings is 1. The molecule has 0 spiro atoms. The topological polar surface area (TPSA) is 60.0 Å². The van der Waals surface area contributed by atoms with Crippen molar-refractivity contribution in [2.75, 3.05) is 0 Å². The van der Waals surface area contributed by atoms with Crippen LogP contribution >= 0.6 is 0 Å². The Morgan fingerprint density at radius 2 is 2.20 bits per heavy atom. The van der Waals surface area contributed by atoms with Crippen LogP contribution in [-0.4, -0.2) is 19.5 Å². The minimum atomic E-state index is -0.375. The number of hydrogen-bond acceptors (Lipinski definition) is 3. The minimum Gasteiger partial charge on any atom is -0.503 e. The zero-order chi connectivity index (χ0) is 14.5. The van der Waals surface area contributed by atoms with E-state index in [4.69, 9.17) is 0 Å². The maximum atomic E-state index is 11.2.